The molecule has 0 aromatic heterocycles. The molecule has 0 saturated carbocycles. The smallest absolute Gasteiger partial charge is 0.368 e. The van der Waals surface area contributed by atoms with Crippen molar-refractivity contribution >= 4 is 23.4 Å². The Labute approximate surface area is 138 Å². The molecule has 0 bridgehead atoms. The summed E-state index contributed by atoms with van der Waals surface area (Å²) in [6, 6.07) is 12.4. The van der Waals surface area contributed by atoms with Crippen LogP contribution in [0.1, 0.15) is 22.8 Å². The lowest BCUT2D eigenvalue weighted by Gasteiger charge is -2.05. The van der Waals surface area contributed by atoms with E-state index in [4.69, 9.17) is 5.73 Å². The number of hydrogen-bond acceptors (Lipinski definition) is 4. The molecule has 1 amide bonds. The Morgan fingerprint density at radius 1 is 1.17 bits per heavy atom. The summed E-state index contributed by atoms with van der Waals surface area (Å²) in [6.45, 7) is 1.42. The van der Waals surface area contributed by atoms with Crippen LogP contribution in [-0.4, -0.2) is 17.7 Å². The Kier molecular flexibility index (Phi) is 5.62. The van der Waals surface area contributed by atoms with Crippen molar-refractivity contribution in [2.45, 2.75) is 13.3 Å². The summed E-state index contributed by atoms with van der Waals surface area (Å²) in [5.74, 6) is -1.71. The summed E-state index contributed by atoms with van der Waals surface area (Å²) >= 11 is 0. The number of amidine groups is 1. The van der Waals surface area contributed by atoms with Gasteiger partial charge in [-0.3, -0.25) is 4.79 Å². The number of hydrogen-bond donors (Lipinski definition) is 2. The molecule has 7 heteroatoms. The molecule has 0 unspecified atom stereocenters. The van der Waals surface area contributed by atoms with Crippen molar-refractivity contribution < 1.29 is 18.8 Å². The standard InChI is InChI=1S/C17H16FN3O3/c1-11(22)20-13-8-6-12(7-9-13)10-16(19)21-24-17(23)14-4-2-3-5-15(14)18/h2-9H,10H2,1H3,(H2,19,21)(H,20,22). The molecule has 2 rings (SSSR count). The van der Waals surface area contributed by atoms with Gasteiger partial charge >= 0.3 is 5.97 Å². The predicted octanol–water partition coefficient (Wildman–Crippen LogP) is 2.46. The maximum Gasteiger partial charge on any atom is 0.368 e. The van der Waals surface area contributed by atoms with E-state index in [-0.39, 0.29) is 23.7 Å². The highest BCUT2D eigenvalue weighted by Gasteiger charge is 2.12. The van der Waals surface area contributed by atoms with E-state index in [0.29, 0.717) is 5.69 Å². The van der Waals surface area contributed by atoms with Gasteiger partial charge in [-0.25, -0.2) is 9.18 Å². The van der Waals surface area contributed by atoms with Gasteiger partial charge in [0.1, 0.15) is 11.7 Å². The highest BCUT2D eigenvalue weighted by molar-refractivity contribution is 5.91. The zero-order valence-corrected chi connectivity index (χ0v) is 13.0. The molecular formula is C17H16FN3O3. The fraction of sp³-hybridized carbons (Fsp3) is 0.118. The van der Waals surface area contributed by atoms with Crippen molar-refractivity contribution in [2.24, 2.45) is 10.9 Å². The van der Waals surface area contributed by atoms with Crippen molar-refractivity contribution in [1.82, 2.24) is 0 Å². The van der Waals surface area contributed by atoms with Crippen LogP contribution in [-0.2, 0) is 16.1 Å². The minimum Gasteiger partial charge on any atom is -0.384 e. The quantitative estimate of drug-likeness (QED) is 0.381. The molecule has 0 radical (unpaired) electrons. The Morgan fingerprint density at radius 3 is 2.46 bits per heavy atom. The van der Waals surface area contributed by atoms with Crippen LogP contribution in [0.25, 0.3) is 0 Å². The van der Waals surface area contributed by atoms with Crippen molar-refractivity contribution in [1.29, 1.82) is 0 Å². The minimum atomic E-state index is -0.919. The molecule has 2 aromatic rings. The largest absolute Gasteiger partial charge is 0.384 e. The summed E-state index contributed by atoms with van der Waals surface area (Å²) in [5, 5.41) is 6.16. The van der Waals surface area contributed by atoms with Crippen LogP contribution in [0.2, 0.25) is 0 Å². The third-order valence-corrected chi connectivity index (χ3v) is 3.00. The number of nitrogens with zero attached hydrogens (tertiary/aromatic N) is 1. The second-order valence-corrected chi connectivity index (χ2v) is 5.00. The Hall–Kier alpha value is -3.22. The molecule has 0 aliphatic heterocycles. The van der Waals surface area contributed by atoms with Gasteiger partial charge in [0.2, 0.25) is 5.91 Å². The first-order valence-electron chi connectivity index (χ1n) is 7.10. The van der Waals surface area contributed by atoms with Gasteiger partial charge in [-0.2, -0.15) is 0 Å². The number of carbonyl (C=O) groups excluding carboxylic acids is 2. The molecule has 2 aromatic carbocycles. The molecule has 0 aliphatic carbocycles. The number of benzene rings is 2. The van der Waals surface area contributed by atoms with E-state index in [1.807, 2.05) is 0 Å². The van der Waals surface area contributed by atoms with Gasteiger partial charge in [-0.1, -0.05) is 29.4 Å². The third-order valence-electron chi connectivity index (χ3n) is 3.00. The normalized spacial score (nSPS) is 11.0. The monoisotopic (exact) mass is 329 g/mol. The number of rotatable bonds is 5. The van der Waals surface area contributed by atoms with E-state index in [0.717, 1.165) is 11.6 Å². The molecule has 6 nitrogen and oxygen atoms in total. The Balaban J connectivity index is 1.95. The first-order chi connectivity index (χ1) is 11.5. The molecule has 0 aliphatic rings. The van der Waals surface area contributed by atoms with E-state index < -0.39 is 11.8 Å². The summed E-state index contributed by atoms with van der Waals surface area (Å²) < 4.78 is 13.4. The molecule has 24 heavy (non-hydrogen) atoms. The number of halogens is 1. The van der Waals surface area contributed by atoms with E-state index in [2.05, 4.69) is 15.3 Å². The first kappa shape index (κ1) is 17.1. The van der Waals surface area contributed by atoms with Gasteiger partial charge in [-0.05, 0) is 29.8 Å². The lowest BCUT2D eigenvalue weighted by molar-refractivity contribution is -0.114. The minimum absolute atomic E-state index is 0.0620. The number of oxime groups is 1. The number of anilines is 1. The summed E-state index contributed by atoms with van der Waals surface area (Å²) in [7, 11) is 0. The van der Waals surface area contributed by atoms with Crippen LogP contribution < -0.4 is 11.1 Å². The molecule has 0 spiro atoms. The van der Waals surface area contributed by atoms with E-state index in [1.165, 1.54) is 25.1 Å². The van der Waals surface area contributed by atoms with Crippen molar-refractivity contribution in [3.05, 3.63) is 65.5 Å². The van der Waals surface area contributed by atoms with E-state index in [1.54, 1.807) is 24.3 Å². The number of nitrogens with one attached hydrogen (secondary N) is 1. The average Bonchev–Trinajstić information content (AvgIpc) is 2.54. The average molecular weight is 329 g/mol. The molecular weight excluding hydrogens is 313 g/mol. The molecule has 0 fully saturated rings. The zero-order valence-electron chi connectivity index (χ0n) is 13.0. The summed E-state index contributed by atoms with van der Waals surface area (Å²) in [4.78, 5) is 27.3. The predicted molar refractivity (Wildman–Crippen MR) is 87.9 cm³/mol. The lowest BCUT2D eigenvalue weighted by atomic mass is 10.1. The topological polar surface area (TPSA) is 93.8 Å². The maximum atomic E-state index is 13.4. The van der Waals surface area contributed by atoms with Crippen LogP contribution >= 0.6 is 0 Å². The van der Waals surface area contributed by atoms with Crippen molar-refractivity contribution in [3.8, 4) is 0 Å². The maximum absolute atomic E-state index is 13.4. The van der Waals surface area contributed by atoms with E-state index >= 15 is 0 Å². The summed E-state index contributed by atoms with van der Waals surface area (Å²) in [5.41, 5.74) is 6.96. The SMILES string of the molecule is CC(=O)Nc1ccc(C/C(N)=N\OC(=O)c2ccccc2F)cc1. The van der Waals surface area contributed by atoms with Gasteiger partial charge in [0.15, 0.2) is 0 Å². The summed E-state index contributed by atoms with van der Waals surface area (Å²) in [6.07, 6.45) is 0.241. The second kappa shape index (κ2) is 7.87. The van der Waals surface area contributed by atoms with Crippen LogP contribution in [0.3, 0.4) is 0 Å². The number of nitrogens with two attached hydrogens (primary N) is 1. The molecule has 0 saturated heterocycles. The van der Waals surface area contributed by atoms with Crippen LogP contribution in [0.15, 0.2) is 53.7 Å². The van der Waals surface area contributed by atoms with Gasteiger partial charge in [-0.15, -0.1) is 0 Å². The van der Waals surface area contributed by atoms with Crippen molar-refractivity contribution in [3.63, 3.8) is 0 Å². The number of amides is 1. The van der Waals surface area contributed by atoms with Gasteiger partial charge in [0.05, 0.1) is 5.56 Å². The fourth-order valence-electron chi connectivity index (χ4n) is 1.93. The Bertz CT molecular complexity index is 773. The van der Waals surface area contributed by atoms with Crippen LogP contribution in [0, 0.1) is 5.82 Å². The molecule has 124 valence electrons. The van der Waals surface area contributed by atoms with Crippen LogP contribution in [0.4, 0.5) is 10.1 Å². The molecule has 3 N–H and O–H groups in total. The van der Waals surface area contributed by atoms with Crippen LogP contribution in [0.5, 0.6) is 0 Å². The highest BCUT2D eigenvalue weighted by atomic mass is 19.1. The fourth-order valence-corrected chi connectivity index (χ4v) is 1.93. The van der Waals surface area contributed by atoms with Gasteiger partial charge in [0.25, 0.3) is 0 Å². The van der Waals surface area contributed by atoms with Crippen molar-refractivity contribution in [2.75, 3.05) is 5.32 Å². The highest BCUT2D eigenvalue weighted by Crippen LogP contribution is 2.11. The lowest BCUT2D eigenvalue weighted by Crippen LogP contribution is -2.17. The van der Waals surface area contributed by atoms with Gasteiger partial charge < -0.3 is 15.9 Å². The van der Waals surface area contributed by atoms with Gasteiger partial charge in [0, 0.05) is 19.0 Å². The molecule has 0 heterocycles. The zero-order chi connectivity index (χ0) is 17.5. The second-order valence-electron chi connectivity index (χ2n) is 5.00. The Morgan fingerprint density at radius 2 is 1.83 bits per heavy atom. The van der Waals surface area contributed by atoms with E-state index in [9.17, 15) is 14.0 Å². The molecule has 0 atom stereocenters. The first-order valence-corrected chi connectivity index (χ1v) is 7.10. The number of carbonyl (C=O) groups is 2. The third kappa shape index (κ3) is 4.91.